The fourth-order valence-corrected chi connectivity index (χ4v) is 1.33. The molecule has 0 aliphatic carbocycles. The Hall–Kier alpha value is -0.0800. The van der Waals surface area contributed by atoms with E-state index in [1.54, 1.807) is 0 Å². The summed E-state index contributed by atoms with van der Waals surface area (Å²) in [5, 5.41) is 9.52. The van der Waals surface area contributed by atoms with Crippen molar-refractivity contribution in [2.24, 2.45) is 5.41 Å². The first-order valence-electron chi connectivity index (χ1n) is 5.75. The van der Waals surface area contributed by atoms with Crippen molar-refractivity contribution in [1.82, 2.24) is 0 Å². The van der Waals surface area contributed by atoms with E-state index in [0.717, 1.165) is 6.42 Å². The summed E-state index contributed by atoms with van der Waals surface area (Å²) in [5.74, 6) is 0. The summed E-state index contributed by atoms with van der Waals surface area (Å²) >= 11 is 0. The molecule has 0 bridgehead atoms. The summed E-state index contributed by atoms with van der Waals surface area (Å²) in [6.07, 6.45) is 4.90. The average molecular weight is 202 g/mol. The van der Waals surface area contributed by atoms with E-state index in [0.29, 0.717) is 13.0 Å². The molecule has 1 N–H and O–H groups in total. The minimum atomic E-state index is -0.586. The van der Waals surface area contributed by atoms with Crippen LogP contribution in [0.15, 0.2) is 0 Å². The van der Waals surface area contributed by atoms with Crippen LogP contribution in [0.3, 0.4) is 0 Å². The quantitative estimate of drug-likeness (QED) is 0.507. The minimum Gasteiger partial charge on any atom is -0.368 e. The molecule has 0 spiro atoms. The third-order valence-electron chi connectivity index (χ3n) is 2.10. The normalized spacial score (nSPS) is 14.4. The number of ether oxygens (including phenoxy) is 1. The van der Waals surface area contributed by atoms with E-state index in [4.69, 9.17) is 4.74 Å². The number of hydrogen-bond acceptors (Lipinski definition) is 2. The molecule has 2 nitrogen and oxygen atoms in total. The van der Waals surface area contributed by atoms with Crippen LogP contribution in [-0.2, 0) is 4.74 Å². The molecule has 0 radical (unpaired) electrons. The molecule has 0 saturated carbocycles. The molecule has 14 heavy (non-hydrogen) atoms. The van der Waals surface area contributed by atoms with Crippen LogP contribution < -0.4 is 0 Å². The van der Waals surface area contributed by atoms with Crippen molar-refractivity contribution >= 4 is 0 Å². The topological polar surface area (TPSA) is 29.5 Å². The Kier molecular flexibility index (Phi) is 7.20. The van der Waals surface area contributed by atoms with E-state index in [1.165, 1.54) is 19.3 Å². The fraction of sp³-hybridized carbons (Fsp3) is 1.00. The highest BCUT2D eigenvalue weighted by molar-refractivity contribution is 4.62. The molecular weight excluding hydrogens is 176 g/mol. The molecule has 0 amide bonds. The third-order valence-corrected chi connectivity index (χ3v) is 2.10. The molecule has 0 aromatic rings. The largest absolute Gasteiger partial charge is 0.368 e. The first kappa shape index (κ1) is 13.9. The maximum Gasteiger partial charge on any atom is 0.155 e. The Bertz CT molecular complexity index is 127. The van der Waals surface area contributed by atoms with Gasteiger partial charge in [-0.2, -0.15) is 0 Å². The summed E-state index contributed by atoms with van der Waals surface area (Å²) < 4.78 is 5.32. The highest BCUT2D eigenvalue weighted by Crippen LogP contribution is 2.21. The van der Waals surface area contributed by atoms with Gasteiger partial charge in [-0.3, -0.25) is 0 Å². The SMILES string of the molecule is CCCCCCOC(O)CC(C)(C)C. The molecule has 2 heteroatoms. The standard InChI is InChI=1S/C12H26O2/c1-5-6-7-8-9-14-11(13)10-12(2,3)4/h11,13H,5-10H2,1-4H3. The summed E-state index contributed by atoms with van der Waals surface area (Å²) in [4.78, 5) is 0. The molecular formula is C12H26O2. The summed E-state index contributed by atoms with van der Waals surface area (Å²) in [6, 6.07) is 0. The van der Waals surface area contributed by atoms with Crippen molar-refractivity contribution in [3.8, 4) is 0 Å². The van der Waals surface area contributed by atoms with E-state index < -0.39 is 6.29 Å². The molecule has 0 aliphatic heterocycles. The summed E-state index contributed by atoms with van der Waals surface area (Å²) in [6.45, 7) is 9.20. The van der Waals surface area contributed by atoms with Crippen LogP contribution in [0.25, 0.3) is 0 Å². The number of hydrogen-bond donors (Lipinski definition) is 1. The first-order chi connectivity index (χ1) is 6.45. The van der Waals surface area contributed by atoms with Gasteiger partial charge in [0.1, 0.15) is 0 Å². The smallest absolute Gasteiger partial charge is 0.155 e. The average Bonchev–Trinajstić information content (AvgIpc) is 2.00. The second-order valence-corrected chi connectivity index (χ2v) is 5.15. The number of aliphatic hydroxyl groups is 1. The van der Waals surface area contributed by atoms with E-state index in [1.807, 2.05) is 0 Å². The van der Waals surface area contributed by atoms with Crippen LogP contribution in [0, 0.1) is 5.41 Å². The Morgan fingerprint density at radius 2 is 1.79 bits per heavy atom. The third kappa shape index (κ3) is 10.0. The highest BCUT2D eigenvalue weighted by atomic mass is 16.6. The number of rotatable bonds is 7. The van der Waals surface area contributed by atoms with Gasteiger partial charge in [0.25, 0.3) is 0 Å². The van der Waals surface area contributed by atoms with Crippen molar-refractivity contribution in [2.75, 3.05) is 6.61 Å². The monoisotopic (exact) mass is 202 g/mol. The first-order valence-corrected chi connectivity index (χ1v) is 5.75. The molecule has 1 atom stereocenters. The van der Waals surface area contributed by atoms with E-state index >= 15 is 0 Å². The van der Waals surface area contributed by atoms with Crippen LogP contribution in [0.5, 0.6) is 0 Å². The van der Waals surface area contributed by atoms with Crippen molar-refractivity contribution in [3.05, 3.63) is 0 Å². The predicted octanol–water partition coefficient (Wildman–Crippen LogP) is 3.34. The van der Waals surface area contributed by atoms with E-state index in [2.05, 4.69) is 27.7 Å². The molecule has 0 aliphatic rings. The van der Waals surface area contributed by atoms with Gasteiger partial charge in [-0.25, -0.2) is 0 Å². The van der Waals surface area contributed by atoms with Gasteiger partial charge >= 0.3 is 0 Å². The molecule has 0 aromatic heterocycles. The van der Waals surface area contributed by atoms with Gasteiger partial charge in [0.15, 0.2) is 6.29 Å². The second kappa shape index (κ2) is 7.24. The maximum atomic E-state index is 9.52. The van der Waals surface area contributed by atoms with Crippen molar-refractivity contribution in [2.45, 2.75) is 66.1 Å². The predicted molar refractivity (Wildman–Crippen MR) is 60.2 cm³/mol. The highest BCUT2D eigenvalue weighted by Gasteiger charge is 2.16. The Morgan fingerprint density at radius 1 is 1.14 bits per heavy atom. The van der Waals surface area contributed by atoms with E-state index in [-0.39, 0.29) is 5.41 Å². The molecule has 86 valence electrons. The number of aliphatic hydroxyl groups excluding tert-OH is 1. The zero-order valence-corrected chi connectivity index (χ0v) is 10.2. The maximum absolute atomic E-state index is 9.52. The van der Waals surface area contributed by atoms with Gasteiger partial charge in [-0.1, -0.05) is 47.0 Å². The van der Waals surface area contributed by atoms with Crippen molar-refractivity contribution in [1.29, 1.82) is 0 Å². The fourth-order valence-electron chi connectivity index (χ4n) is 1.33. The Morgan fingerprint density at radius 3 is 2.29 bits per heavy atom. The van der Waals surface area contributed by atoms with Crippen molar-refractivity contribution < 1.29 is 9.84 Å². The molecule has 0 fully saturated rings. The molecule has 0 aromatic carbocycles. The molecule has 0 rings (SSSR count). The minimum absolute atomic E-state index is 0.142. The van der Waals surface area contributed by atoms with Crippen LogP contribution in [0.1, 0.15) is 59.8 Å². The molecule has 0 heterocycles. The van der Waals surface area contributed by atoms with Gasteiger partial charge in [-0.15, -0.1) is 0 Å². The van der Waals surface area contributed by atoms with Gasteiger partial charge in [0.05, 0.1) is 0 Å². The number of unbranched alkanes of at least 4 members (excludes halogenated alkanes) is 3. The summed E-state index contributed by atoms with van der Waals surface area (Å²) in [7, 11) is 0. The van der Waals surface area contributed by atoms with E-state index in [9.17, 15) is 5.11 Å². The van der Waals surface area contributed by atoms with Crippen LogP contribution in [0.2, 0.25) is 0 Å². The lowest BCUT2D eigenvalue weighted by molar-refractivity contribution is -0.118. The van der Waals surface area contributed by atoms with Gasteiger partial charge in [-0.05, 0) is 11.8 Å². The van der Waals surface area contributed by atoms with Gasteiger partial charge in [0.2, 0.25) is 0 Å². The molecule has 0 saturated heterocycles. The Labute approximate surface area is 88.7 Å². The van der Waals surface area contributed by atoms with Crippen LogP contribution in [-0.4, -0.2) is 18.0 Å². The van der Waals surface area contributed by atoms with Gasteiger partial charge in [0, 0.05) is 13.0 Å². The molecule has 1 unspecified atom stereocenters. The second-order valence-electron chi connectivity index (χ2n) is 5.15. The Balaban J connectivity index is 3.31. The van der Waals surface area contributed by atoms with Crippen LogP contribution in [0.4, 0.5) is 0 Å². The lowest BCUT2D eigenvalue weighted by Gasteiger charge is -2.22. The summed E-state index contributed by atoms with van der Waals surface area (Å²) in [5.41, 5.74) is 0.142. The van der Waals surface area contributed by atoms with Crippen LogP contribution >= 0.6 is 0 Å². The van der Waals surface area contributed by atoms with Gasteiger partial charge < -0.3 is 9.84 Å². The zero-order valence-electron chi connectivity index (χ0n) is 10.2. The lowest BCUT2D eigenvalue weighted by Crippen LogP contribution is -2.20. The zero-order chi connectivity index (χ0) is 11.0. The lowest BCUT2D eigenvalue weighted by atomic mass is 9.92. The van der Waals surface area contributed by atoms with Crippen molar-refractivity contribution in [3.63, 3.8) is 0 Å².